The first kappa shape index (κ1) is 81.8. The lowest BCUT2D eigenvalue weighted by Crippen LogP contribution is -2.63. The standard InChI is InChI=1S/C66H118N10O14/c1-26-29-31-41(12)54(79)52-57(81)68-46(28-3)62(86)71(20)44(15)60(84)76(25)55(66(16,17)36-90-65(89)70(18)19)51(78)35-45(39(8)9)61(85)72(21)47(30-27-2)50(77)34-42(13)56(80)67-43(14)59(83)73(22)48(32-37(4)5)63(87)74(23)49(33-38(6)7)64(88)75(24)53(40(10)11)58(82)69-52/h37-49,52-55,79H,26-36H2,1-25H3,(H,67,80)(H,68,81)(H,69,82)/t41-,42-,43-,44-,45+,46+,47+,48+,49+,52+,53+,54-,55-/m1/s1. The summed E-state index contributed by atoms with van der Waals surface area (Å²) in [5, 5.41) is 20.2. The van der Waals surface area contributed by atoms with E-state index in [0.717, 1.165) is 16.2 Å². The number of unbranched alkanes of at least 4 members (excludes halogenated alkanes) is 1. The molecule has 0 saturated carbocycles. The third-order valence-electron chi connectivity index (χ3n) is 17.8. The number of nitrogens with zero attached hydrogens (tertiary/aromatic N) is 7. The molecule has 1 heterocycles. The number of ether oxygens (including phenoxy) is 1. The monoisotopic (exact) mass is 1270 g/mol. The summed E-state index contributed by atoms with van der Waals surface area (Å²) in [6, 6.07) is -11.5. The molecule has 0 aromatic rings. The Labute approximate surface area is 538 Å². The van der Waals surface area contributed by atoms with Crippen LogP contribution in [0.1, 0.15) is 182 Å². The zero-order valence-corrected chi connectivity index (χ0v) is 59.5. The van der Waals surface area contributed by atoms with Crippen molar-refractivity contribution in [3.05, 3.63) is 0 Å². The van der Waals surface area contributed by atoms with Crippen LogP contribution in [0.4, 0.5) is 4.79 Å². The fourth-order valence-electron chi connectivity index (χ4n) is 11.9. The predicted octanol–water partition coefficient (Wildman–Crippen LogP) is 5.15. The average molecular weight is 1280 g/mol. The van der Waals surface area contributed by atoms with Gasteiger partial charge in [0.2, 0.25) is 53.2 Å². The van der Waals surface area contributed by atoms with Gasteiger partial charge in [0.25, 0.3) is 0 Å². The summed E-state index contributed by atoms with van der Waals surface area (Å²) in [5.74, 6) is -11.3. The van der Waals surface area contributed by atoms with Crippen molar-refractivity contribution in [1.29, 1.82) is 0 Å². The van der Waals surface area contributed by atoms with Crippen LogP contribution in [-0.2, 0) is 57.5 Å². The maximum absolute atomic E-state index is 15.2. The molecule has 0 aliphatic carbocycles. The SMILES string of the molecule is CCCC[C@@H](C)[C@@H](O)[C@@H]1NC(=O)[C@H](C(C)C)N(C)C(=O)[C@H](CC(C)C)N(C)C(=O)[C@H](CC(C)C)N(C)C(=O)[C@@H](C)NC(=O)[C@H](C)CC(=O)[C@H](CCC)N(C)C(=O)[C@H](C(C)C)CC(=O)[C@H](C(C)(C)COC(=O)N(C)C)N(C)C(=O)[C@@H](C)N(C)C(=O)[C@H](CC)NC1=O. The second-order valence-corrected chi connectivity index (χ2v) is 27.9. The zero-order chi connectivity index (χ0) is 69.9. The van der Waals surface area contributed by atoms with Gasteiger partial charge >= 0.3 is 6.09 Å². The summed E-state index contributed by atoms with van der Waals surface area (Å²) in [6.07, 6.45) is -0.149. The van der Waals surface area contributed by atoms with Crippen LogP contribution >= 0.6 is 0 Å². The van der Waals surface area contributed by atoms with Crippen molar-refractivity contribution in [2.45, 2.75) is 242 Å². The maximum atomic E-state index is 15.2. The summed E-state index contributed by atoms with van der Waals surface area (Å²) in [5.41, 5.74) is -1.33. The first-order valence-electron chi connectivity index (χ1n) is 32.6. The van der Waals surface area contributed by atoms with Gasteiger partial charge in [-0.15, -0.1) is 0 Å². The summed E-state index contributed by atoms with van der Waals surface area (Å²) in [4.78, 5) is 183. The van der Waals surface area contributed by atoms with Gasteiger partial charge in [0.1, 0.15) is 48.9 Å². The molecule has 90 heavy (non-hydrogen) atoms. The molecule has 1 aliphatic heterocycles. The summed E-state index contributed by atoms with van der Waals surface area (Å²) >= 11 is 0. The first-order chi connectivity index (χ1) is 41.5. The Bertz CT molecular complexity index is 2470. The number of carbonyl (C=O) groups is 12. The number of hydrogen-bond donors (Lipinski definition) is 4. The first-order valence-corrected chi connectivity index (χ1v) is 32.6. The maximum Gasteiger partial charge on any atom is 0.409 e. The Morgan fingerprint density at radius 3 is 1.57 bits per heavy atom. The Hall–Kier alpha value is -6.20. The number of Topliss-reactive ketones (excluding diaryl/α,β-unsaturated/α-hetero) is 2. The van der Waals surface area contributed by atoms with E-state index in [4.69, 9.17) is 4.74 Å². The third-order valence-corrected chi connectivity index (χ3v) is 17.8. The minimum Gasteiger partial charge on any atom is -0.449 e. The molecule has 10 amide bonds. The van der Waals surface area contributed by atoms with Crippen LogP contribution in [0.25, 0.3) is 0 Å². The Balaban J connectivity index is 4.42. The second-order valence-electron chi connectivity index (χ2n) is 27.9. The molecule has 13 atom stereocenters. The molecule has 0 radical (unpaired) electrons. The van der Waals surface area contributed by atoms with E-state index >= 15 is 9.59 Å². The molecule has 1 rings (SSSR count). The van der Waals surface area contributed by atoms with Gasteiger partial charge < -0.3 is 60.1 Å². The minimum absolute atomic E-state index is 0.0205. The number of aliphatic hydroxyl groups excluding tert-OH is 1. The van der Waals surface area contributed by atoms with Crippen LogP contribution in [0.5, 0.6) is 0 Å². The molecular formula is C66H118N10O14. The van der Waals surface area contributed by atoms with Crippen LogP contribution in [-0.4, -0.2) is 234 Å². The van der Waals surface area contributed by atoms with Gasteiger partial charge in [-0.25, -0.2) is 4.79 Å². The Morgan fingerprint density at radius 2 is 1.10 bits per heavy atom. The van der Waals surface area contributed by atoms with Crippen LogP contribution in [0.3, 0.4) is 0 Å². The molecule has 0 spiro atoms. The lowest BCUT2D eigenvalue weighted by Gasteiger charge is -2.42. The van der Waals surface area contributed by atoms with Gasteiger partial charge in [0, 0.05) is 86.5 Å². The van der Waals surface area contributed by atoms with Crippen molar-refractivity contribution in [3.63, 3.8) is 0 Å². The molecule has 1 saturated heterocycles. The Kier molecular flexibility index (Phi) is 33.4. The van der Waals surface area contributed by atoms with Crippen molar-refractivity contribution in [2.75, 3.05) is 63.0 Å². The smallest absolute Gasteiger partial charge is 0.409 e. The molecule has 4 N–H and O–H groups in total. The van der Waals surface area contributed by atoms with Gasteiger partial charge in [-0.3, -0.25) is 52.7 Å². The quantitative estimate of drug-likeness (QED) is 0.147. The zero-order valence-electron chi connectivity index (χ0n) is 59.5. The fraction of sp³-hybridized carbons (Fsp3) is 0.818. The van der Waals surface area contributed by atoms with Gasteiger partial charge in [-0.2, -0.15) is 0 Å². The molecule has 24 nitrogen and oxygen atoms in total. The lowest BCUT2D eigenvalue weighted by atomic mass is 9.77. The lowest BCUT2D eigenvalue weighted by molar-refractivity contribution is -0.154. The molecule has 0 aromatic heterocycles. The van der Waals surface area contributed by atoms with Gasteiger partial charge in [-0.05, 0) is 75.5 Å². The van der Waals surface area contributed by atoms with E-state index in [9.17, 15) is 53.1 Å². The number of rotatable bonds is 17. The Morgan fingerprint density at radius 1 is 0.589 bits per heavy atom. The van der Waals surface area contributed by atoms with E-state index < -0.39 is 173 Å². The third kappa shape index (κ3) is 22.3. The number of ketones is 2. The molecule has 24 heteroatoms. The number of hydrogen-bond acceptors (Lipinski definition) is 14. The summed E-state index contributed by atoms with van der Waals surface area (Å²) in [7, 11) is 11.5. The van der Waals surface area contributed by atoms with Crippen molar-refractivity contribution in [3.8, 4) is 0 Å². The number of likely N-dealkylation sites (N-methyl/N-ethyl adjacent to an activating group) is 6. The summed E-state index contributed by atoms with van der Waals surface area (Å²) < 4.78 is 5.62. The van der Waals surface area contributed by atoms with E-state index in [0.29, 0.717) is 19.3 Å². The van der Waals surface area contributed by atoms with E-state index in [2.05, 4.69) is 16.0 Å². The van der Waals surface area contributed by atoms with Crippen molar-refractivity contribution in [1.82, 2.24) is 50.2 Å². The van der Waals surface area contributed by atoms with Gasteiger partial charge in [0.05, 0.1) is 18.2 Å². The number of nitrogens with one attached hydrogen (secondary N) is 3. The van der Waals surface area contributed by atoms with Crippen LogP contribution in [0.15, 0.2) is 0 Å². The highest BCUT2D eigenvalue weighted by molar-refractivity contribution is 6.00. The van der Waals surface area contributed by atoms with E-state index in [1.165, 1.54) is 102 Å². The van der Waals surface area contributed by atoms with Crippen molar-refractivity contribution in [2.24, 2.45) is 46.8 Å². The van der Waals surface area contributed by atoms with Gasteiger partial charge in [-0.1, -0.05) is 123 Å². The van der Waals surface area contributed by atoms with E-state index in [-0.39, 0.29) is 50.5 Å². The van der Waals surface area contributed by atoms with Crippen LogP contribution in [0, 0.1) is 46.8 Å². The number of amides is 10. The number of carbonyl (C=O) groups excluding carboxylic acids is 12. The highest BCUT2D eigenvalue weighted by atomic mass is 16.6. The van der Waals surface area contributed by atoms with Crippen LogP contribution < -0.4 is 16.0 Å². The molecular weight excluding hydrogens is 1160 g/mol. The molecule has 0 bridgehead atoms. The number of aliphatic hydroxyl groups is 1. The fourth-order valence-corrected chi connectivity index (χ4v) is 11.9. The average Bonchev–Trinajstić information content (AvgIpc) is 1.55. The van der Waals surface area contributed by atoms with E-state index in [1.54, 1.807) is 55.4 Å². The minimum atomic E-state index is -1.67. The van der Waals surface area contributed by atoms with Crippen molar-refractivity contribution < 1.29 is 67.4 Å². The normalized spacial score (nSPS) is 26.8. The predicted molar refractivity (Wildman–Crippen MR) is 346 cm³/mol. The molecule has 1 fully saturated rings. The summed E-state index contributed by atoms with van der Waals surface area (Å²) in [6.45, 7) is 28.9. The molecule has 0 unspecified atom stereocenters. The highest BCUT2D eigenvalue weighted by Crippen LogP contribution is 2.32. The largest absolute Gasteiger partial charge is 0.449 e. The topological polar surface area (TPSA) is 293 Å². The second kappa shape index (κ2) is 36.7. The molecule has 1 aliphatic rings. The molecule has 0 aromatic carbocycles. The van der Waals surface area contributed by atoms with Crippen molar-refractivity contribution >= 4 is 70.8 Å². The van der Waals surface area contributed by atoms with Gasteiger partial charge in [0.15, 0.2) is 11.6 Å². The highest BCUT2D eigenvalue weighted by Gasteiger charge is 2.47. The van der Waals surface area contributed by atoms with Crippen LogP contribution in [0.2, 0.25) is 0 Å². The molecule has 516 valence electrons. The van der Waals surface area contributed by atoms with E-state index in [1.807, 2.05) is 41.5 Å².